The lowest BCUT2D eigenvalue weighted by Gasteiger charge is -2.13. The molecule has 2 heterocycles. The van der Waals surface area contributed by atoms with Crippen LogP contribution in [0.4, 0.5) is 0 Å². The molecule has 0 spiro atoms. The van der Waals surface area contributed by atoms with Gasteiger partial charge < -0.3 is 9.51 Å². The van der Waals surface area contributed by atoms with Gasteiger partial charge in [-0.15, -0.1) is 0 Å². The Bertz CT molecular complexity index is 668. The Hall–Kier alpha value is -2.14. The van der Waals surface area contributed by atoms with E-state index in [1.54, 1.807) is 0 Å². The number of hydrogen-bond acceptors (Lipinski definition) is 4. The van der Waals surface area contributed by atoms with Crippen LogP contribution in [0.25, 0.3) is 11.0 Å². The maximum atomic E-state index is 5.07. The number of fused-ring (bicyclic) bond motifs is 1. The molecular formula is C15H18N4O. The molecule has 104 valence electrons. The number of aromatic nitrogens is 3. The van der Waals surface area contributed by atoms with Crippen molar-refractivity contribution >= 4 is 11.0 Å². The first kappa shape index (κ1) is 12.9. The van der Waals surface area contributed by atoms with Crippen LogP contribution >= 0.6 is 0 Å². The van der Waals surface area contributed by atoms with Gasteiger partial charge in [0, 0.05) is 25.6 Å². The monoisotopic (exact) mass is 270 g/mol. The van der Waals surface area contributed by atoms with Crippen LogP contribution in [0.1, 0.15) is 17.3 Å². The highest BCUT2D eigenvalue weighted by molar-refractivity contribution is 5.74. The van der Waals surface area contributed by atoms with Crippen LogP contribution in [0.3, 0.4) is 0 Å². The lowest BCUT2D eigenvalue weighted by atomic mass is 10.3. The van der Waals surface area contributed by atoms with Crippen molar-refractivity contribution in [2.45, 2.75) is 19.9 Å². The van der Waals surface area contributed by atoms with Crippen molar-refractivity contribution in [3.05, 3.63) is 47.6 Å². The molecule has 1 aromatic carbocycles. The maximum absolute atomic E-state index is 5.07. The number of aromatic amines is 1. The highest BCUT2D eigenvalue weighted by Gasteiger charge is 2.07. The third-order valence-corrected chi connectivity index (χ3v) is 3.28. The molecule has 0 aliphatic carbocycles. The van der Waals surface area contributed by atoms with Gasteiger partial charge in [-0.1, -0.05) is 17.3 Å². The summed E-state index contributed by atoms with van der Waals surface area (Å²) in [4.78, 5) is 10.1. The predicted molar refractivity (Wildman–Crippen MR) is 77.4 cm³/mol. The largest absolute Gasteiger partial charge is 0.361 e. The number of H-pyrrole nitrogens is 1. The molecule has 2 aromatic heterocycles. The van der Waals surface area contributed by atoms with E-state index in [9.17, 15) is 0 Å². The Balaban J connectivity index is 1.58. The first-order chi connectivity index (χ1) is 9.70. The fourth-order valence-corrected chi connectivity index (χ4v) is 2.27. The van der Waals surface area contributed by atoms with E-state index in [2.05, 4.69) is 27.1 Å². The summed E-state index contributed by atoms with van der Waals surface area (Å²) in [5.74, 6) is 1.88. The van der Waals surface area contributed by atoms with Gasteiger partial charge in [0.1, 0.15) is 11.6 Å². The second-order valence-electron chi connectivity index (χ2n) is 5.12. The summed E-state index contributed by atoms with van der Waals surface area (Å²) in [6, 6.07) is 10.1. The molecular weight excluding hydrogens is 252 g/mol. The van der Waals surface area contributed by atoms with E-state index in [1.807, 2.05) is 37.3 Å². The molecule has 5 nitrogen and oxygen atoms in total. The normalized spacial score (nSPS) is 11.6. The summed E-state index contributed by atoms with van der Waals surface area (Å²) >= 11 is 0. The minimum atomic E-state index is 0.789. The van der Waals surface area contributed by atoms with Crippen molar-refractivity contribution in [2.75, 3.05) is 13.6 Å². The van der Waals surface area contributed by atoms with Gasteiger partial charge in [-0.25, -0.2) is 4.98 Å². The van der Waals surface area contributed by atoms with Gasteiger partial charge in [0.25, 0.3) is 0 Å². The number of benzene rings is 1. The number of imidazole rings is 1. The van der Waals surface area contributed by atoms with Gasteiger partial charge in [-0.05, 0) is 26.1 Å². The van der Waals surface area contributed by atoms with E-state index in [4.69, 9.17) is 4.52 Å². The van der Waals surface area contributed by atoms with E-state index >= 15 is 0 Å². The van der Waals surface area contributed by atoms with Gasteiger partial charge >= 0.3 is 0 Å². The Labute approximate surface area is 117 Å². The molecule has 20 heavy (non-hydrogen) atoms. The van der Waals surface area contributed by atoms with Crippen LogP contribution in [-0.2, 0) is 13.0 Å². The van der Waals surface area contributed by atoms with Crippen molar-refractivity contribution in [1.29, 1.82) is 0 Å². The number of hydrogen-bond donors (Lipinski definition) is 1. The first-order valence-electron chi connectivity index (χ1n) is 6.75. The molecule has 5 heteroatoms. The topological polar surface area (TPSA) is 58.0 Å². The molecule has 0 aliphatic heterocycles. The van der Waals surface area contributed by atoms with Crippen molar-refractivity contribution in [2.24, 2.45) is 0 Å². The quantitative estimate of drug-likeness (QED) is 0.774. The summed E-state index contributed by atoms with van der Waals surface area (Å²) in [5, 5.41) is 4.01. The maximum Gasteiger partial charge on any atom is 0.133 e. The SMILES string of the molecule is Cc1cc(CN(C)CCc2nc3ccccc3[nH]2)no1. The molecule has 0 fully saturated rings. The summed E-state index contributed by atoms with van der Waals surface area (Å²) in [7, 11) is 2.08. The van der Waals surface area contributed by atoms with Gasteiger partial charge in [-0.3, -0.25) is 4.90 Å². The van der Waals surface area contributed by atoms with E-state index in [-0.39, 0.29) is 0 Å². The number of nitrogens with one attached hydrogen (secondary N) is 1. The fraction of sp³-hybridized carbons (Fsp3) is 0.333. The summed E-state index contributed by atoms with van der Waals surface area (Å²) in [6.45, 7) is 3.62. The van der Waals surface area contributed by atoms with Crippen LogP contribution in [0.5, 0.6) is 0 Å². The molecule has 0 saturated carbocycles. The van der Waals surface area contributed by atoms with Crippen molar-refractivity contribution < 1.29 is 4.52 Å². The number of nitrogens with zero attached hydrogens (tertiary/aromatic N) is 3. The molecule has 0 unspecified atom stereocenters. The van der Waals surface area contributed by atoms with Crippen molar-refractivity contribution in [3.63, 3.8) is 0 Å². The smallest absolute Gasteiger partial charge is 0.133 e. The van der Waals surface area contributed by atoms with Crippen LogP contribution < -0.4 is 0 Å². The molecule has 0 radical (unpaired) electrons. The Kier molecular flexibility index (Phi) is 3.52. The van der Waals surface area contributed by atoms with Gasteiger partial charge in [0.2, 0.25) is 0 Å². The number of rotatable bonds is 5. The zero-order valence-corrected chi connectivity index (χ0v) is 11.8. The molecule has 0 amide bonds. The Morgan fingerprint density at radius 1 is 1.30 bits per heavy atom. The number of likely N-dealkylation sites (N-methyl/N-ethyl adjacent to an activating group) is 1. The van der Waals surface area contributed by atoms with Crippen LogP contribution in [0.2, 0.25) is 0 Å². The minimum Gasteiger partial charge on any atom is -0.361 e. The standard InChI is InChI=1S/C15H18N4O/c1-11-9-12(18-20-11)10-19(2)8-7-15-16-13-5-3-4-6-14(13)17-15/h3-6,9H,7-8,10H2,1-2H3,(H,16,17). The minimum absolute atomic E-state index is 0.789. The Morgan fingerprint density at radius 2 is 2.15 bits per heavy atom. The van der Waals surface area contributed by atoms with Gasteiger partial charge in [0.15, 0.2) is 0 Å². The zero-order valence-electron chi connectivity index (χ0n) is 11.8. The van der Waals surface area contributed by atoms with Crippen LogP contribution in [-0.4, -0.2) is 33.6 Å². The first-order valence-corrected chi connectivity index (χ1v) is 6.75. The molecule has 1 N–H and O–H groups in total. The highest BCUT2D eigenvalue weighted by atomic mass is 16.5. The number of para-hydroxylation sites is 2. The molecule has 0 aliphatic rings. The number of aryl methyl sites for hydroxylation is 1. The lowest BCUT2D eigenvalue weighted by Crippen LogP contribution is -2.21. The summed E-state index contributed by atoms with van der Waals surface area (Å²) in [5.41, 5.74) is 3.09. The fourth-order valence-electron chi connectivity index (χ4n) is 2.27. The van der Waals surface area contributed by atoms with E-state index in [0.717, 1.165) is 47.8 Å². The molecule has 0 atom stereocenters. The van der Waals surface area contributed by atoms with Gasteiger partial charge in [0.05, 0.1) is 16.7 Å². The second kappa shape index (κ2) is 5.46. The molecule has 0 saturated heterocycles. The third-order valence-electron chi connectivity index (χ3n) is 3.28. The molecule has 0 bridgehead atoms. The molecule has 3 rings (SSSR count). The third kappa shape index (κ3) is 2.88. The average molecular weight is 270 g/mol. The Morgan fingerprint density at radius 3 is 2.90 bits per heavy atom. The zero-order chi connectivity index (χ0) is 13.9. The van der Waals surface area contributed by atoms with Gasteiger partial charge in [-0.2, -0.15) is 0 Å². The van der Waals surface area contributed by atoms with Crippen molar-refractivity contribution in [3.8, 4) is 0 Å². The molecule has 3 aromatic rings. The van der Waals surface area contributed by atoms with E-state index in [0.29, 0.717) is 0 Å². The van der Waals surface area contributed by atoms with E-state index < -0.39 is 0 Å². The van der Waals surface area contributed by atoms with Crippen LogP contribution in [0, 0.1) is 6.92 Å². The summed E-state index contributed by atoms with van der Waals surface area (Å²) in [6.07, 6.45) is 0.891. The summed E-state index contributed by atoms with van der Waals surface area (Å²) < 4.78 is 5.07. The van der Waals surface area contributed by atoms with E-state index in [1.165, 1.54) is 0 Å². The predicted octanol–water partition coefficient (Wildman–Crippen LogP) is 2.53. The second-order valence-corrected chi connectivity index (χ2v) is 5.12. The van der Waals surface area contributed by atoms with Crippen molar-refractivity contribution in [1.82, 2.24) is 20.0 Å². The van der Waals surface area contributed by atoms with Crippen LogP contribution in [0.15, 0.2) is 34.9 Å². The lowest BCUT2D eigenvalue weighted by molar-refractivity contribution is 0.310. The average Bonchev–Trinajstić information content (AvgIpc) is 3.02. The highest BCUT2D eigenvalue weighted by Crippen LogP contribution is 2.11.